The van der Waals surface area contributed by atoms with Crippen LogP contribution in [0.25, 0.3) is 0 Å². The zero-order valence-electron chi connectivity index (χ0n) is 9.25. The van der Waals surface area contributed by atoms with Crippen LogP contribution in [0.1, 0.15) is 6.92 Å². The number of carbonyl (C=O) groups excluding carboxylic acids is 1. The van der Waals surface area contributed by atoms with Crippen molar-refractivity contribution in [3.05, 3.63) is 24.3 Å². The van der Waals surface area contributed by atoms with Crippen molar-refractivity contribution in [1.29, 1.82) is 0 Å². The molecule has 0 saturated heterocycles. The molecule has 6 heteroatoms. The Bertz CT molecular complexity index is 457. The van der Waals surface area contributed by atoms with Crippen molar-refractivity contribution in [2.75, 3.05) is 10.3 Å². The predicted octanol–water partition coefficient (Wildman–Crippen LogP) is 1.32. The fourth-order valence-corrected chi connectivity index (χ4v) is 1.71. The van der Waals surface area contributed by atoms with Gasteiger partial charge in [0.05, 0.1) is 18.1 Å². The van der Waals surface area contributed by atoms with Gasteiger partial charge < -0.3 is 0 Å². The van der Waals surface area contributed by atoms with Gasteiger partial charge in [-0.25, -0.2) is 0 Å². The molecule has 17 heavy (non-hydrogen) atoms. The van der Waals surface area contributed by atoms with Crippen molar-refractivity contribution in [2.45, 2.75) is 13.0 Å². The molecule has 0 spiro atoms. The SMILES string of the molecule is CC1N=CN(c2ccc(NNC=O)cc2)C1=S. The van der Waals surface area contributed by atoms with Crippen molar-refractivity contribution < 1.29 is 4.79 Å². The van der Waals surface area contributed by atoms with Crippen molar-refractivity contribution in [1.82, 2.24) is 5.43 Å². The standard InChI is InChI=1S/C11H12N4OS/c1-8-11(17)15(6-12-8)10-4-2-9(3-5-10)14-13-7-16/h2-8,14H,1H3,(H,13,16). The molecule has 1 aliphatic rings. The molecular formula is C11H12N4OS. The van der Waals surface area contributed by atoms with Gasteiger partial charge in [-0.2, -0.15) is 0 Å². The van der Waals surface area contributed by atoms with E-state index in [0.29, 0.717) is 6.41 Å². The van der Waals surface area contributed by atoms with Crippen LogP contribution in [0.4, 0.5) is 11.4 Å². The summed E-state index contributed by atoms with van der Waals surface area (Å²) in [4.78, 5) is 17.0. The van der Waals surface area contributed by atoms with Gasteiger partial charge in [-0.15, -0.1) is 0 Å². The summed E-state index contributed by atoms with van der Waals surface area (Å²) in [6, 6.07) is 7.58. The maximum absolute atomic E-state index is 10.1. The summed E-state index contributed by atoms with van der Waals surface area (Å²) in [5.74, 6) is 0. The number of hydrogen-bond acceptors (Lipinski definition) is 4. The summed E-state index contributed by atoms with van der Waals surface area (Å²) < 4.78 is 0. The zero-order valence-corrected chi connectivity index (χ0v) is 10.1. The molecule has 0 bridgehead atoms. The van der Waals surface area contributed by atoms with E-state index >= 15 is 0 Å². The fourth-order valence-electron chi connectivity index (χ4n) is 1.50. The topological polar surface area (TPSA) is 56.7 Å². The molecule has 2 N–H and O–H groups in total. The van der Waals surface area contributed by atoms with Gasteiger partial charge in [-0.05, 0) is 31.2 Å². The first-order chi connectivity index (χ1) is 8.22. The molecule has 1 aliphatic heterocycles. The van der Waals surface area contributed by atoms with Crippen LogP contribution in [0.2, 0.25) is 0 Å². The van der Waals surface area contributed by atoms with E-state index in [4.69, 9.17) is 12.2 Å². The highest BCUT2D eigenvalue weighted by Crippen LogP contribution is 2.21. The van der Waals surface area contributed by atoms with Gasteiger partial charge in [-0.3, -0.25) is 25.5 Å². The van der Waals surface area contributed by atoms with E-state index in [9.17, 15) is 4.79 Å². The number of thiocarbonyl (C=S) groups is 1. The third kappa shape index (κ3) is 2.42. The summed E-state index contributed by atoms with van der Waals surface area (Å²) in [5, 5.41) is 0. The molecule has 0 radical (unpaired) electrons. The Hall–Kier alpha value is -1.95. The minimum Gasteiger partial charge on any atom is -0.299 e. The van der Waals surface area contributed by atoms with Crippen LogP contribution in [0.5, 0.6) is 0 Å². The molecular weight excluding hydrogens is 236 g/mol. The Labute approximate surface area is 104 Å². The second-order valence-electron chi connectivity index (χ2n) is 3.58. The molecule has 0 aromatic heterocycles. The van der Waals surface area contributed by atoms with E-state index in [-0.39, 0.29) is 6.04 Å². The highest BCUT2D eigenvalue weighted by molar-refractivity contribution is 7.80. The molecule has 1 unspecified atom stereocenters. The maximum atomic E-state index is 10.1. The number of rotatable bonds is 4. The van der Waals surface area contributed by atoms with Crippen molar-refractivity contribution in [3.63, 3.8) is 0 Å². The van der Waals surface area contributed by atoms with Gasteiger partial charge in [0.1, 0.15) is 4.99 Å². The first-order valence-electron chi connectivity index (χ1n) is 5.14. The Kier molecular flexibility index (Phi) is 3.34. The maximum Gasteiger partial charge on any atom is 0.225 e. The van der Waals surface area contributed by atoms with Crippen LogP contribution in [0.15, 0.2) is 29.3 Å². The Morgan fingerprint density at radius 2 is 2.12 bits per heavy atom. The van der Waals surface area contributed by atoms with E-state index < -0.39 is 0 Å². The molecule has 1 aromatic carbocycles. The molecule has 2 rings (SSSR count). The highest BCUT2D eigenvalue weighted by Gasteiger charge is 2.20. The van der Waals surface area contributed by atoms with E-state index in [2.05, 4.69) is 15.8 Å². The van der Waals surface area contributed by atoms with Crippen LogP contribution in [0, 0.1) is 0 Å². The average Bonchev–Trinajstić information content (AvgIpc) is 2.68. The number of aliphatic imine (C=N–C) groups is 1. The van der Waals surface area contributed by atoms with E-state index in [1.54, 1.807) is 6.34 Å². The lowest BCUT2D eigenvalue weighted by molar-refractivity contribution is -0.109. The third-order valence-corrected chi connectivity index (χ3v) is 2.96. The number of anilines is 2. The molecule has 88 valence electrons. The lowest BCUT2D eigenvalue weighted by Gasteiger charge is -2.16. The lowest BCUT2D eigenvalue weighted by Crippen LogP contribution is -2.27. The van der Waals surface area contributed by atoms with Gasteiger partial charge in [0.2, 0.25) is 6.41 Å². The Morgan fingerprint density at radius 3 is 2.65 bits per heavy atom. The van der Waals surface area contributed by atoms with E-state index in [0.717, 1.165) is 16.4 Å². The smallest absolute Gasteiger partial charge is 0.225 e. The van der Waals surface area contributed by atoms with Crippen molar-refractivity contribution in [2.24, 2.45) is 4.99 Å². The molecule has 1 amide bonds. The summed E-state index contributed by atoms with van der Waals surface area (Å²) >= 11 is 5.27. The summed E-state index contributed by atoms with van der Waals surface area (Å²) in [6.45, 7) is 1.96. The monoisotopic (exact) mass is 248 g/mol. The average molecular weight is 248 g/mol. The van der Waals surface area contributed by atoms with Crippen LogP contribution < -0.4 is 15.8 Å². The first kappa shape index (κ1) is 11.5. The quantitative estimate of drug-likeness (QED) is 0.479. The largest absolute Gasteiger partial charge is 0.299 e. The van der Waals surface area contributed by atoms with Crippen LogP contribution in [-0.4, -0.2) is 23.8 Å². The van der Waals surface area contributed by atoms with Crippen molar-refractivity contribution >= 4 is 41.3 Å². The number of amides is 1. The first-order valence-corrected chi connectivity index (χ1v) is 5.55. The number of carbonyl (C=O) groups is 1. The third-order valence-electron chi connectivity index (χ3n) is 2.42. The van der Waals surface area contributed by atoms with Crippen LogP contribution in [-0.2, 0) is 4.79 Å². The molecule has 0 saturated carbocycles. The molecule has 1 aromatic rings. The number of hydrogen-bond donors (Lipinski definition) is 2. The second kappa shape index (κ2) is 4.92. The summed E-state index contributed by atoms with van der Waals surface area (Å²) in [7, 11) is 0. The van der Waals surface area contributed by atoms with Gasteiger partial charge in [0, 0.05) is 5.69 Å². The number of nitrogens with zero attached hydrogens (tertiary/aromatic N) is 2. The van der Waals surface area contributed by atoms with Crippen LogP contribution in [0.3, 0.4) is 0 Å². The van der Waals surface area contributed by atoms with Gasteiger partial charge in [0.25, 0.3) is 0 Å². The fraction of sp³-hybridized carbons (Fsp3) is 0.182. The molecule has 0 aliphatic carbocycles. The van der Waals surface area contributed by atoms with E-state index in [1.165, 1.54) is 0 Å². The minimum absolute atomic E-state index is 0.0551. The normalized spacial score (nSPS) is 18.3. The second-order valence-corrected chi connectivity index (χ2v) is 4.00. The number of benzene rings is 1. The van der Waals surface area contributed by atoms with E-state index in [1.807, 2.05) is 36.1 Å². The Balaban J connectivity index is 2.10. The number of hydrazine groups is 1. The highest BCUT2D eigenvalue weighted by atomic mass is 32.1. The molecule has 5 nitrogen and oxygen atoms in total. The lowest BCUT2D eigenvalue weighted by atomic mass is 10.2. The Morgan fingerprint density at radius 1 is 1.41 bits per heavy atom. The van der Waals surface area contributed by atoms with Gasteiger partial charge in [-0.1, -0.05) is 12.2 Å². The zero-order chi connectivity index (χ0) is 12.3. The molecule has 0 fully saturated rings. The summed E-state index contributed by atoms with van der Waals surface area (Å²) in [6.07, 6.45) is 2.32. The van der Waals surface area contributed by atoms with Crippen LogP contribution >= 0.6 is 12.2 Å². The molecule has 1 heterocycles. The predicted molar refractivity (Wildman–Crippen MR) is 72.3 cm³/mol. The molecule has 1 atom stereocenters. The van der Waals surface area contributed by atoms with Gasteiger partial charge in [0.15, 0.2) is 0 Å². The van der Waals surface area contributed by atoms with Crippen molar-refractivity contribution in [3.8, 4) is 0 Å². The van der Waals surface area contributed by atoms with Gasteiger partial charge >= 0.3 is 0 Å². The summed E-state index contributed by atoms with van der Waals surface area (Å²) in [5.41, 5.74) is 6.86. The minimum atomic E-state index is 0.0551. The number of nitrogens with one attached hydrogen (secondary N) is 2.